The van der Waals surface area contributed by atoms with Crippen LogP contribution in [0.4, 0.5) is 0 Å². The topological polar surface area (TPSA) is 56.7 Å². The monoisotopic (exact) mass is 348 g/mol. The number of aromatic nitrogens is 4. The van der Waals surface area contributed by atoms with Crippen molar-refractivity contribution in [2.24, 2.45) is 0 Å². The normalized spacial score (nSPS) is 10.9. The van der Waals surface area contributed by atoms with Gasteiger partial charge in [0.1, 0.15) is 0 Å². The first-order valence-electron chi connectivity index (χ1n) is 7.90. The van der Waals surface area contributed by atoms with Crippen LogP contribution in [0.25, 0.3) is 17.1 Å². The third-order valence-electron chi connectivity index (χ3n) is 3.70. The summed E-state index contributed by atoms with van der Waals surface area (Å²) in [6, 6.07) is 18.1. The minimum Gasteiger partial charge on any atom is -0.420 e. The van der Waals surface area contributed by atoms with Gasteiger partial charge in [0.2, 0.25) is 11.8 Å². The molecular formula is C19H16N4OS. The van der Waals surface area contributed by atoms with Crippen LogP contribution in [0.5, 0.6) is 0 Å². The molecule has 0 aliphatic heterocycles. The van der Waals surface area contributed by atoms with Crippen LogP contribution < -0.4 is 0 Å². The molecule has 0 amide bonds. The lowest BCUT2D eigenvalue weighted by Gasteiger charge is -2.07. The molecule has 2 aromatic heterocycles. The summed E-state index contributed by atoms with van der Waals surface area (Å²) < 4.78 is 7.81. The fourth-order valence-electron chi connectivity index (χ4n) is 2.51. The Balaban J connectivity index is 1.50. The number of hydrogen-bond acceptors (Lipinski definition) is 5. The molecule has 5 nitrogen and oxygen atoms in total. The number of aryl methyl sites for hydroxylation is 1. The van der Waals surface area contributed by atoms with E-state index in [1.54, 1.807) is 18.0 Å². The molecule has 0 saturated heterocycles. The molecule has 0 aliphatic rings. The van der Waals surface area contributed by atoms with E-state index in [2.05, 4.69) is 44.9 Å². The van der Waals surface area contributed by atoms with Gasteiger partial charge in [-0.25, -0.2) is 4.98 Å². The molecule has 0 saturated carbocycles. The first-order valence-corrected chi connectivity index (χ1v) is 8.89. The van der Waals surface area contributed by atoms with Crippen LogP contribution in [0.3, 0.4) is 0 Å². The second-order valence-corrected chi connectivity index (χ2v) is 6.52. The summed E-state index contributed by atoms with van der Waals surface area (Å²) in [5, 5.41) is 9.15. The van der Waals surface area contributed by atoms with Crippen LogP contribution in [0.2, 0.25) is 0 Å². The molecule has 4 rings (SSSR count). The van der Waals surface area contributed by atoms with E-state index in [1.165, 1.54) is 5.56 Å². The summed E-state index contributed by atoms with van der Waals surface area (Å²) in [4.78, 5) is 4.44. The highest BCUT2D eigenvalue weighted by atomic mass is 32.2. The van der Waals surface area contributed by atoms with Crippen LogP contribution in [0, 0.1) is 6.92 Å². The molecule has 2 heterocycles. The Morgan fingerprint density at radius 2 is 1.92 bits per heavy atom. The molecule has 2 aromatic carbocycles. The van der Waals surface area contributed by atoms with E-state index < -0.39 is 0 Å². The smallest absolute Gasteiger partial charge is 0.247 e. The zero-order valence-corrected chi connectivity index (χ0v) is 14.5. The van der Waals surface area contributed by atoms with Gasteiger partial charge in [-0.15, -0.1) is 10.2 Å². The van der Waals surface area contributed by atoms with Gasteiger partial charge in [-0.2, -0.15) is 0 Å². The van der Waals surface area contributed by atoms with E-state index in [9.17, 15) is 0 Å². The summed E-state index contributed by atoms with van der Waals surface area (Å²) in [7, 11) is 0. The molecule has 6 heteroatoms. The van der Waals surface area contributed by atoms with Gasteiger partial charge in [-0.05, 0) is 36.8 Å². The van der Waals surface area contributed by atoms with Crippen molar-refractivity contribution in [3.63, 3.8) is 0 Å². The van der Waals surface area contributed by atoms with E-state index >= 15 is 0 Å². The third-order valence-corrected chi connectivity index (χ3v) is 4.65. The highest BCUT2D eigenvalue weighted by Crippen LogP contribution is 2.25. The Hall–Kier alpha value is -2.86. The van der Waals surface area contributed by atoms with Crippen molar-refractivity contribution in [2.45, 2.75) is 17.8 Å². The zero-order chi connectivity index (χ0) is 17.1. The Morgan fingerprint density at radius 3 is 2.76 bits per heavy atom. The second-order valence-electron chi connectivity index (χ2n) is 5.57. The predicted octanol–water partition coefficient (Wildman–Crippen LogP) is 4.52. The molecule has 25 heavy (non-hydrogen) atoms. The van der Waals surface area contributed by atoms with E-state index in [0.717, 1.165) is 16.4 Å². The standard InChI is InChI=1S/C19H16N4OS/c1-14-6-5-9-16(12-14)23-11-10-20-19(23)25-13-17-21-22-18(24-17)15-7-3-2-4-8-15/h2-12H,13H2,1H3. The van der Waals surface area contributed by atoms with Crippen molar-refractivity contribution >= 4 is 11.8 Å². The quantitative estimate of drug-likeness (QED) is 0.496. The summed E-state index contributed by atoms with van der Waals surface area (Å²) in [5.41, 5.74) is 3.23. The Labute approximate surface area is 149 Å². The SMILES string of the molecule is Cc1cccc(-n2ccnc2SCc2nnc(-c3ccccc3)o2)c1. The van der Waals surface area contributed by atoms with Crippen molar-refractivity contribution in [3.8, 4) is 17.1 Å². The lowest BCUT2D eigenvalue weighted by Crippen LogP contribution is -1.95. The van der Waals surface area contributed by atoms with E-state index in [4.69, 9.17) is 4.42 Å². The van der Waals surface area contributed by atoms with Gasteiger partial charge in [-0.3, -0.25) is 4.57 Å². The zero-order valence-electron chi connectivity index (χ0n) is 13.7. The van der Waals surface area contributed by atoms with Gasteiger partial charge in [0.15, 0.2) is 5.16 Å². The summed E-state index contributed by atoms with van der Waals surface area (Å²) in [6.07, 6.45) is 3.76. The Morgan fingerprint density at radius 1 is 1.04 bits per heavy atom. The number of imidazole rings is 1. The number of thioether (sulfide) groups is 1. The maximum atomic E-state index is 5.75. The molecule has 0 N–H and O–H groups in total. The molecule has 0 fully saturated rings. The van der Waals surface area contributed by atoms with Gasteiger partial charge in [0, 0.05) is 23.6 Å². The molecule has 0 atom stereocenters. The maximum Gasteiger partial charge on any atom is 0.247 e. The predicted molar refractivity (Wildman–Crippen MR) is 97.6 cm³/mol. The molecule has 0 unspecified atom stereocenters. The maximum absolute atomic E-state index is 5.75. The van der Waals surface area contributed by atoms with Gasteiger partial charge in [-0.1, -0.05) is 42.1 Å². The van der Waals surface area contributed by atoms with Crippen LogP contribution in [-0.4, -0.2) is 19.7 Å². The van der Waals surface area contributed by atoms with Crippen molar-refractivity contribution in [1.29, 1.82) is 0 Å². The van der Waals surface area contributed by atoms with E-state index in [-0.39, 0.29) is 0 Å². The summed E-state index contributed by atoms with van der Waals surface area (Å²) >= 11 is 1.57. The van der Waals surface area contributed by atoms with E-state index in [0.29, 0.717) is 17.5 Å². The van der Waals surface area contributed by atoms with Crippen LogP contribution in [-0.2, 0) is 5.75 Å². The number of rotatable bonds is 5. The highest BCUT2D eigenvalue weighted by molar-refractivity contribution is 7.98. The van der Waals surface area contributed by atoms with Crippen molar-refractivity contribution in [3.05, 3.63) is 78.4 Å². The van der Waals surface area contributed by atoms with Crippen LogP contribution in [0.15, 0.2) is 76.6 Å². The first-order chi connectivity index (χ1) is 12.3. The second kappa shape index (κ2) is 6.94. The Bertz CT molecular complexity index is 978. The average Bonchev–Trinajstić information content (AvgIpc) is 3.30. The van der Waals surface area contributed by atoms with Crippen molar-refractivity contribution in [1.82, 2.24) is 19.7 Å². The van der Waals surface area contributed by atoms with Gasteiger partial charge in [0.25, 0.3) is 0 Å². The molecule has 0 aliphatic carbocycles. The third kappa shape index (κ3) is 3.49. The van der Waals surface area contributed by atoms with E-state index in [1.807, 2.05) is 42.6 Å². The molecule has 4 aromatic rings. The molecular weight excluding hydrogens is 332 g/mol. The number of benzene rings is 2. The first kappa shape index (κ1) is 15.7. The number of hydrogen-bond donors (Lipinski definition) is 0. The van der Waals surface area contributed by atoms with Gasteiger partial charge < -0.3 is 4.42 Å². The fraction of sp³-hybridized carbons (Fsp3) is 0.105. The average molecular weight is 348 g/mol. The van der Waals surface area contributed by atoms with Gasteiger partial charge >= 0.3 is 0 Å². The minimum atomic E-state index is 0.540. The lowest BCUT2D eigenvalue weighted by molar-refractivity contribution is 0.528. The summed E-state index contributed by atoms with van der Waals surface area (Å²) in [5.74, 6) is 1.70. The summed E-state index contributed by atoms with van der Waals surface area (Å²) in [6.45, 7) is 2.08. The number of nitrogens with zero attached hydrogens (tertiary/aromatic N) is 4. The van der Waals surface area contributed by atoms with Gasteiger partial charge in [0.05, 0.1) is 5.75 Å². The molecule has 0 radical (unpaired) electrons. The molecule has 0 spiro atoms. The largest absolute Gasteiger partial charge is 0.420 e. The lowest BCUT2D eigenvalue weighted by atomic mass is 10.2. The fourth-order valence-corrected chi connectivity index (χ4v) is 3.32. The Kier molecular flexibility index (Phi) is 4.35. The van der Waals surface area contributed by atoms with Crippen molar-refractivity contribution < 1.29 is 4.42 Å². The van der Waals surface area contributed by atoms with Crippen LogP contribution >= 0.6 is 11.8 Å². The minimum absolute atomic E-state index is 0.540. The molecule has 124 valence electrons. The highest BCUT2D eigenvalue weighted by Gasteiger charge is 2.11. The molecule has 0 bridgehead atoms. The van der Waals surface area contributed by atoms with Crippen LogP contribution in [0.1, 0.15) is 11.5 Å². The van der Waals surface area contributed by atoms with Crippen molar-refractivity contribution in [2.75, 3.05) is 0 Å².